The minimum atomic E-state index is -4.10. The second-order valence-corrected chi connectivity index (χ2v) is 7.23. The van der Waals surface area contributed by atoms with Gasteiger partial charge in [-0.1, -0.05) is 6.07 Å². The Labute approximate surface area is 151 Å². The number of nitrogens with one attached hydrogen (secondary N) is 2. The van der Waals surface area contributed by atoms with E-state index < -0.39 is 21.7 Å². The van der Waals surface area contributed by atoms with E-state index >= 15 is 0 Å². The molecule has 0 spiro atoms. The van der Waals surface area contributed by atoms with Gasteiger partial charge in [0.25, 0.3) is 15.9 Å². The summed E-state index contributed by atoms with van der Waals surface area (Å²) in [5.74, 6) is -0.622. The molecule has 7 nitrogen and oxygen atoms in total. The van der Waals surface area contributed by atoms with Crippen LogP contribution in [0.1, 0.15) is 24.2 Å². The van der Waals surface area contributed by atoms with Gasteiger partial charge in [-0.3, -0.25) is 10.2 Å². The molecule has 2 rings (SSSR count). The Kier molecular flexibility index (Phi) is 6.17. The van der Waals surface area contributed by atoms with Gasteiger partial charge in [-0.25, -0.2) is 12.8 Å². The molecule has 2 N–H and O–H groups in total. The molecule has 2 aromatic rings. The van der Waals surface area contributed by atoms with Gasteiger partial charge in [0, 0.05) is 5.56 Å². The molecule has 0 unspecified atom stereocenters. The van der Waals surface area contributed by atoms with Crippen LogP contribution < -0.4 is 19.7 Å². The van der Waals surface area contributed by atoms with Gasteiger partial charge in [-0.05, 0) is 50.2 Å². The Morgan fingerprint density at radius 3 is 2.46 bits per heavy atom. The molecule has 0 fully saturated rings. The lowest BCUT2D eigenvalue weighted by Crippen LogP contribution is -2.41. The Morgan fingerprint density at radius 1 is 1.12 bits per heavy atom. The van der Waals surface area contributed by atoms with Gasteiger partial charge >= 0.3 is 0 Å². The van der Waals surface area contributed by atoms with Crippen molar-refractivity contribution in [2.45, 2.75) is 24.8 Å². The summed E-state index contributed by atoms with van der Waals surface area (Å²) in [5, 5.41) is 0. The number of halogens is 1. The van der Waals surface area contributed by atoms with Crippen LogP contribution in [0.5, 0.6) is 11.5 Å². The number of benzene rings is 2. The molecule has 0 heterocycles. The van der Waals surface area contributed by atoms with Gasteiger partial charge in [-0.15, -0.1) is 4.83 Å². The van der Waals surface area contributed by atoms with Gasteiger partial charge in [-0.2, -0.15) is 0 Å². The maximum absolute atomic E-state index is 13.2. The molecule has 0 aliphatic rings. The zero-order valence-corrected chi connectivity index (χ0v) is 15.3. The molecule has 2 aromatic carbocycles. The monoisotopic (exact) mass is 382 g/mol. The maximum Gasteiger partial charge on any atom is 0.266 e. The minimum absolute atomic E-state index is 0.0818. The van der Waals surface area contributed by atoms with Gasteiger partial charge in [0.05, 0.1) is 18.1 Å². The van der Waals surface area contributed by atoms with Crippen LogP contribution in [0.3, 0.4) is 0 Å². The number of methoxy groups -OCH3 is 1. The van der Waals surface area contributed by atoms with Crippen molar-refractivity contribution in [1.29, 1.82) is 0 Å². The summed E-state index contributed by atoms with van der Waals surface area (Å²) in [6.07, 6.45) is -0.0818. The van der Waals surface area contributed by atoms with E-state index in [2.05, 4.69) is 5.43 Å². The van der Waals surface area contributed by atoms with Crippen molar-refractivity contribution in [2.24, 2.45) is 0 Å². The molecule has 0 aliphatic carbocycles. The first-order valence-corrected chi connectivity index (χ1v) is 9.13. The lowest BCUT2D eigenvalue weighted by molar-refractivity contribution is 0.0944. The number of hydrogen-bond acceptors (Lipinski definition) is 5. The standard InChI is InChI=1S/C17H19FN2O5S/c1-11(2)25-15-8-7-12(9-16(15)24-3)17(21)19-20-26(22,23)14-6-4-5-13(18)10-14/h4-11,20H,1-3H3,(H,19,21). The topological polar surface area (TPSA) is 93.7 Å². The normalized spacial score (nSPS) is 11.3. The van der Waals surface area contributed by atoms with Crippen LogP contribution in [0.2, 0.25) is 0 Å². The predicted octanol–water partition coefficient (Wildman–Crippen LogP) is 2.24. The molecule has 0 aliphatic heterocycles. The third-order valence-corrected chi connectivity index (χ3v) is 4.44. The molecule has 0 bridgehead atoms. The first-order valence-electron chi connectivity index (χ1n) is 7.65. The highest BCUT2D eigenvalue weighted by Gasteiger charge is 2.17. The number of carbonyl (C=O) groups is 1. The summed E-state index contributed by atoms with van der Waals surface area (Å²) in [5.41, 5.74) is 2.23. The number of hydrazine groups is 1. The Bertz CT molecular complexity index is 900. The largest absolute Gasteiger partial charge is 0.493 e. The molecule has 0 saturated heterocycles. The molecule has 140 valence electrons. The quantitative estimate of drug-likeness (QED) is 0.717. The van der Waals surface area contributed by atoms with Crippen molar-refractivity contribution in [2.75, 3.05) is 7.11 Å². The summed E-state index contributed by atoms with van der Waals surface area (Å²) >= 11 is 0. The van der Waals surface area contributed by atoms with Gasteiger partial charge in [0.15, 0.2) is 11.5 Å². The fourth-order valence-electron chi connectivity index (χ4n) is 2.04. The first kappa shape index (κ1) is 19.7. The second kappa shape index (κ2) is 8.15. The van der Waals surface area contributed by atoms with Crippen molar-refractivity contribution < 1.29 is 27.1 Å². The highest BCUT2D eigenvalue weighted by atomic mass is 32.2. The van der Waals surface area contributed by atoms with Crippen molar-refractivity contribution in [3.63, 3.8) is 0 Å². The Balaban J connectivity index is 2.12. The molecular weight excluding hydrogens is 363 g/mol. The average Bonchev–Trinajstić information content (AvgIpc) is 2.59. The first-order chi connectivity index (χ1) is 12.2. The zero-order valence-electron chi connectivity index (χ0n) is 14.4. The smallest absolute Gasteiger partial charge is 0.266 e. The maximum atomic E-state index is 13.2. The summed E-state index contributed by atoms with van der Waals surface area (Å²) in [4.78, 5) is 13.8. The molecule has 0 atom stereocenters. The van der Waals surface area contributed by atoms with Crippen molar-refractivity contribution >= 4 is 15.9 Å². The minimum Gasteiger partial charge on any atom is -0.493 e. The van der Waals surface area contributed by atoms with Gasteiger partial charge in [0.1, 0.15) is 5.82 Å². The van der Waals surface area contributed by atoms with E-state index in [-0.39, 0.29) is 16.6 Å². The van der Waals surface area contributed by atoms with E-state index in [4.69, 9.17) is 9.47 Å². The predicted molar refractivity (Wildman–Crippen MR) is 92.9 cm³/mol. The van der Waals surface area contributed by atoms with Gasteiger partial charge < -0.3 is 9.47 Å². The van der Waals surface area contributed by atoms with Gasteiger partial charge in [0.2, 0.25) is 0 Å². The van der Waals surface area contributed by atoms with Crippen LogP contribution in [0.4, 0.5) is 4.39 Å². The van der Waals surface area contributed by atoms with E-state index in [9.17, 15) is 17.6 Å². The number of ether oxygens (including phenoxy) is 2. The summed E-state index contributed by atoms with van der Waals surface area (Å²) in [6, 6.07) is 8.85. The number of rotatable bonds is 7. The zero-order chi connectivity index (χ0) is 19.3. The number of carbonyl (C=O) groups excluding carboxylic acids is 1. The number of sulfonamides is 1. The van der Waals surface area contributed by atoms with Crippen LogP contribution >= 0.6 is 0 Å². The van der Waals surface area contributed by atoms with E-state index in [1.807, 2.05) is 18.7 Å². The average molecular weight is 382 g/mol. The van der Waals surface area contributed by atoms with Crippen LogP contribution in [-0.2, 0) is 10.0 Å². The van der Waals surface area contributed by atoms with E-state index in [1.54, 1.807) is 6.07 Å². The molecule has 0 radical (unpaired) electrons. The van der Waals surface area contributed by atoms with Crippen LogP contribution in [-0.4, -0.2) is 27.5 Å². The molecule has 1 amide bonds. The van der Waals surface area contributed by atoms with E-state index in [1.165, 1.54) is 31.4 Å². The molecule has 0 aromatic heterocycles. The summed E-state index contributed by atoms with van der Waals surface area (Å²) < 4.78 is 48.1. The highest BCUT2D eigenvalue weighted by molar-refractivity contribution is 7.89. The third-order valence-electron chi connectivity index (χ3n) is 3.19. The Morgan fingerprint density at radius 2 is 1.85 bits per heavy atom. The highest BCUT2D eigenvalue weighted by Crippen LogP contribution is 2.28. The lowest BCUT2D eigenvalue weighted by atomic mass is 10.2. The van der Waals surface area contributed by atoms with Crippen LogP contribution in [0, 0.1) is 5.82 Å². The Hall–Kier alpha value is -2.65. The van der Waals surface area contributed by atoms with Crippen molar-refractivity contribution in [1.82, 2.24) is 10.3 Å². The van der Waals surface area contributed by atoms with Crippen molar-refractivity contribution in [3.8, 4) is 11.5 Å². The van der Waals surface area contributed by atoms with Crippen molar-refractivity contribution in [3.05, 3.63) is 53.8 Å². The molecular formula is C17H19FN2O5S. The number of amides is 1. The fourth-order valence-corrected chi connectivity index (χ4v) is 2.91. The second-order valence-electron chi connectivity index (χ2n) is 5.55. The third kappa shape index (κ3) is 4.93. The fraction of sp³-hybridized carbons (Fsp3) is 0.235. The van der Waals surface area contributed by atoms with Crippen LogP contribution in [0.25, 0.3) is 0 Å². The van der Waals surface area contributed by atoms with Crippen LogP contribution in [0.15, 0.2) is 47.4 Å². The lowest BCUT2D eigenvalue weighted by Gasteiger charge is -2.14. The van der Waals surface area contributed by atoms with E-state index in [0.29, 0.717) is 11.5 Å². The molecule has 0 saturated carbocycles. The number of hydrogen-bond donors (Lipinski definition) is 2. The van der Waals surface area contributed by atoms with E-state index in [0.717, 1.165) is 12.1 Å². The summed E-state index contributed by atoms with van der Waals surface area (Å²) in [7, 11) is -2.68. The molecule has 26 heavy (non-hydrogen) atoms. The molecule has 9 heteroatoms. The summed E-state index contributed by atoms with van der Waals surface area (Å²) in [6.45, 7) is 3.70. The SMILES string of the molecule is COc1cc(C(=O)NNS(=O)(=O)c2cccc(F)c2)ccc1OC(C)C.